The van der Waals surface area contributed by atoms with Crippen LogP contribution in [0, 0.1) is 12.8 Å². The van der Waals surface area contributed by atoms with Gasteiger partial charge in [0.1, 0.15) is 5.82 Å². The lowest BCUT2D eigenvalue weighted by atomic mass is 9.95. The molecule has 0 aliphatic carbocycles. The molecule has 4 rings (SSSR count). The molecule has 3 aromatic rings. The number of benzene rings is 2. The van der Waals surface area contributed by atoms with Gasteiger partial charge in [0, 0.05) is 11.6 Å². The number of amides is 1. The summed E-state index contributed by atoms with van der Waals surface area (Å²) < 4.78 is 0. The van der Waals surface area contributed by atoms with Gasteiger partial charge >= 0.3 is 0 Å². The van der Waals surface area contributed by atoms with Crippen molar-refractivity contribution in [3.8, 4) is 0 Å². The Labute approximate surface area is 166 Å². The number of para-hydroxylation sites is 1. The number of piperidine rings is 1. The second-order valence-corrected chi connectivity index (χ2v) is 7.75. The Morgan fingerprint density at radius 2 is 2.00 bits per heavy atom. The van der Waals surface area contributed by atoms with E-state index in [0.717, 1.165) is 61.4 Å². The van der Waals surface area contributed by atoms with Gasteiger partial charge in [0.05, 0.1) is 17.6 Å². The molecule has 0 unspecified atom stereocenters. The van der Waals surface area contributed by atoms with Gasteiger partial charge < -0.3 is 10.3 Å². The Kier molecular flexibility index (Phi) is 5.44. The van der Waals surface area contributed by atoms with Crippen molar-refractivity contribution in [3.05, 3.63) is 59.4 Å². The average Bonchev–Trinajstić information content (AvgIpc) is 3.10. The molecule has 5 heteroatoms. The quantitative estimate of drug-likeness (QED) is 0.698. The van der Waals surface area contributed by atoms with E-state index in [9.17, 15) is 4.79 Å². The van der Waals surface area contributed by atoms with Gasteiger partial charge in [-0.1, -0.05) is 31.2 Å². The van der Waals surface area contributed by atoms with Crippen molar-refractivity contribution in [2.75, 3.05) is 18.4 Å². The Morgan fingerprint density at radius 3 is 2.79 bits per heavy atom. The molecule has 2 aromatic carbocycles. The topological polar surface area (TPSA) is 61.0 Å². The van der Waals surface area contributed by atoms with Gasteiger partial charge in [0.25, 0.3) is 0 Å². The van der Waals surface area contributed by atoms with Crippen molar-refractivity contribution in [3.63, 3.8) is 0 Å². The maximum absolute atomic E-state index is 12.7. The van der Waals surface area contributed by atoms with Gasteiger partial charge in [-0.15, -0.1) is 0 Å². The molecule has 1 fully saturated rings. The molecular formula is C23H28N4O. The number of fused-ring (bicyclic) bond motifs is 1. The number of aromatic amines is 1. The highest BCUT2D eigenvalue weighted by atomic mass is 16.1. The first-order valence-electron chi connectivity index (χ1n) is 10.2. The van der Waals surface area contributed by atoms with Crippen molar-refractivity contribution in [1.29, 1.82) is 0 Å². The van der Waals surface area contributed by atoms with Crippen LogP contribution in [0.15, 0.2) is 42.5 Å². The van der Waals surface area contributed by atoms with E-state index >= 15 is 0 Å². The minimum Gasteiger partial charge on any atom is -0.341 e. The van der Waals surface area contributed by atoms with Crippen LogP contribution in [0.1, 0.15) is 36.7 Å². The first kappa shape index (κ1) is 18.7. The van der Waals surface area contributed by atoms with Crippen LogP contribution in [-0.2, 0) is 17.8 Å². The lowest BCUT2D eigenvalue weighted by Crippen LogP contribution is -2.38. The molecule has 1 aliphatic rings. The molecule has 2 heterocycles. The number of aromatic nitrogens is 2. The highest BCUT2D eigenvalue weighted by Gasteiger charge is 2.25. The van der Waals surface area contributed by atoms with E-state index in [1.165, 1.54) is 11.1 Å². The molecule has 0 atom stereocenters. The third-order valence-electron chi connectivity index (χ3n) is 5.67. The summed E-state index contributed by atoms with van der Waals surface area (Å²) in [6.07, 6.45) is 2.70. The Bertz CT molecular complexity index is 970. The van der Waals surface area contributed by atoms with E-state index in [-0.39, 0.29) is 11.8 Å². The average molecular weight is 377 g/mol. The first-order chi connectivity index (χ1) is 13.6. The minimum absolute atomic E-state index is 0.0829. The second kappa shape index (κ2) is 8.15. The fraction of sp³-hybridized carbons (Fsp3) is 0.391. The lowest BCUT2D eigenvalue weighted by molar-refractivity contribution is -0.121. The monoisotopic (exact) mass is 376 g/mol. The summed E-state index contributed by atoms with van der Waals surface area (Å²) in [5.41, 5.74) is 5.49. The van der Waals surface area contributed by atoms with Crippen LogP contribution in [0.25, 0.3) is 11.0 Å². The van der Waals surface area contributed by atoms with E-state index in [1.807, 2.05) is 18.2 Å². The number of hydrogen-bond donors (Lipinski definition) is 2. The predicted octanol–water partition coefficient (Wildman–Crippen LogP) is 4.28. The van der Waals surface area contributed by atoms with Crippen LogP contribution in [0.3, 0.4) is 0 Å². The molecule has 28 heavy (non-hydrogen) atoms. The van der Waals surface area contributed by atoms with Crippen LogP contribution in [0.4, 0.5) is 5.69 Å². The molecule has 0 bridgehead atoms. The molecule has 146 valence electrons. The molecule has 1 saturated heterocycles. The van der Waals surface area contributed by atoms with Gasteiger partial charge in [-0.05, 0) is 68.6 Å². The fourth-order valence-corrected chi connectivity index (χ4v) is 4.00. The zero-order valence-corrected chi connectivity index (χ0v) is 16.7. The fourth-order valence-electron chi connectivity index (χ4n) is 4.00. The SMILES string of the molecule is CCc1ccccc1NC(=O)C1CCN(Cc2nc3ccc(C)cc3[nH]2)CC1. The molecule has 0 saturated carbocycles. The molecular weight excluding hydrogens is 348 g/mol. The number of aryl methyl sites for hydroxylation is 2. The number of likely N-dealkylation sites (tertiary alicyclic amines) is 1. The van der Waals surface area contributed by atoms with Gasteiger partial charge in [-0.3, -0.25) is 9.69 Å². The molecule has 0 radical (unpaired) electrons. The number of nitrogens with zero attached hydrogens (tertiary/aromatic N) is 2. The molecule has 2 N–H and O–H groups in total. The van der Waals surface area contributed by atoms with E-state index in [1.54, 1.807) is 0 Å². The van der Waals surface area contributed by atoms with Crippen molar-refractivity contribution in [1.82, 2.24) is 14.9 Å². The van der Waals surface area contributed by atoms with Crippen LogP contribution in [0.5, 0.6) is 0 Å². The predicted molar refractivity (Wildman–Crippen MR) is 113 cm³/mol. The van der Waals surface area contributed by atoms with E-state index in [0.29, 0.717) is 0 Å². The normalized spacial score (nSPS) is 15.8. The molecule has 1 amide bonds. The first-order valence-corrected chi connectivity index (χ1v) is 10.2. The van der Waals surface area contributed by atoms with Crippen molar-refractivity contribution in [2.24, 2.45) is 5.92 Å². The minimum atomic E-state index is 0.0829. The number of carbonyl (C=O) groups is 1. The zero-order chi connectivity index (χ0) is 19.5. The van der Waals surface area contributed by atoms with Crippen molar-refractivity contribution in [2.45, 2.75) is 39.7 Å². The lowest BCUT2D eigenvalue weighted by Gasteiger charge is -2.30. The second-order valence-electron chi connectivity index (χ2n) is 7.75. The Hall–Kier alpha value is -2.66. The Balaban J connectivity index is 1.33. The number of anilines is 1. The van der Waals surface area contributed by atoms with Gasteiger partial charge in [-0.25, -0.2) is 4.98 Å². The van der Waals surface area contributed by atoms with Gasteiger partial charge in [0.15, 0.2) is 0 Å². The molecule has 1 aliphatic heterocycles. The molecule has 5 nitrogen and oxygen atoms in total. The van der Waals surface area contributed by atoms with E-state index in [4.69, 9.17) is 4.98 Å². The highest BCUT2D eigenvalue weighted by molar-refractivity contribution is 5.93. The Morgan fingerprint density at radius 1 is 1.21 bits per heavy atom. The standard InChI is InChI=1S/C23H28N4O/c1-3-17-6-4-5-7-19(17)26-23(28)18-10-12-27(13-11-18)15-22-24-20-9-8-16(2)14-21(20)25-22/h4-9,14,18H,3,10-13,15H2,1-2H3,(H,24,25)(H,26,28). The summed E-state index contributed by atoms with van der Waals surface area (Å²) in [5, 5.41) is 3.14. The largest absolute Gasteiger partial charge is 0.341 e. The van der Waals surface area contributed by atoms with Crippen molar-refractivity contribution >= 4 is 22.6 Å². The van der Waals surface area contributed by atoms with Gasteiger partial charge in [-0.2, -0.15) is 0 Å². The number of H-pyrrole nitrogens is 1. The number of rotatable bonds is 5. The summed E-state index contributed by atoms with van der Waals surface area (Å²) in [6.45, 7) is 6.85. The van der Waals surface area contributed by atoms with Crippen molar-refractivity contribution < 1.29 is 4.79 Å². The smallest absolute Gasteiger partial charge is 0.227 e. The summed E-state index contributed by atoms with van der Waals surface area (Å²) in [5.74, 6) is 1.24. The van der Waals surface area contributed by atoms with Gasteiger partial charge in [0.2, 0.25) is 5.91 Å². The highest BCUT2D eigenvalue weighted by Crippen LogP contribution is 2.23. The summed E-state index contributed by atoms with van der Waals surface area (Å²) in [7, 11) is 0. The maximum atomic E-state index is 12.7. The van der Waals surface area contributed by atoms with Crippen LogP contribution in [0.2, 0.25) is 0 Å². The summed E-state index contributed by atoms with van der Waals surface area (Å²) in [4.78, 5) is 23.2. The van der Waals surface area contributed by atoms with E-state index in [2.05, 4.69) is 53.3 Å². The maximum Gasteiger partial charge on any atom is 0.227 e. The van der Waals surface area contributed by atoms with Crippen LogP contribution < -0.4 is 5.32 Å². The zero-order valence-electron chi connectivity index (χ0n) is 16.7. The molecule has 0 spiro atoms. The van der Waals surface area contributed by atoms with Crippen LogP contribution in [-0.4, -0.2) is 33.9 Å². The number of carbonyl (C=O) groups excluding carboxylic acids is 1. The summed E-state index contributed by atoms with van der Waals surface area (Å²) >= 11 is 0. The van der Waals surface area contributed by atoms with E-state index < -0.39 is 0 Å². The van der Waals surface area contributed by atoms with Crippen LogP contribution >= 0.6 is 0 Å². The third-order valence-corrected chi connectivity index (χ3v) is 5.67. The number of nitrogens with one attached hydrogen (secondary N) is 2. The molecule has 1 aromatic heterocycles. The number of hydrogen-bond acceptors (Lipinski definition) is 3. The number of imidazole rings is 1. The summed E-state index contributed by atoms with van der Waals surface area (Å²) in [6, 6.07) is 14.4. The third kappa shape index (κ3) is 4.09.